The summed E-state index contributed by atoms with van der Waals surface area (Å²) in [6.45, 7) is 1.96. The lowest BCUT2D eigenvalue weighted by Gasteiger charge is -2.29. The highest BCUT2D eigenvalue weighted by Crippen LogP contribution is 2.24. The summed E-state index contributed by atoms with van der Waals surface area (Å²) in [7, 11) is 3.75. The average Bonchev–Trinajstić information content (AvgIpc) is 2.41. The van der Waals surface area contributed by atoms with Crippen molar-refractivity contribution in [2.45, 2.75) is 18.9 Å². The number of hydrogen-bond donors (Lipinski definition) is 2. The molecule has 0 aromatic carbocycles. The molecular formula is C11H18N6O2. The Morgan fingerprint density at radius 3 is 2.74 bits per heavy atom. The summed E-state index contributed by atoms with van der Waals surface area (Å²) in [6.07, 6.45) is 3.13. The van der Waals surface area contributed by atoms with E-state index in [1.807, 2.05) is 0 Å². The van der Waals surface area contributed by atoms with Crippen LogP contribution in [0.2, 0.25) is 0 Å². The summed E-state index contributed by atoms with van der Waals surface area (Å²) in [5.41, 5.74) is -0.0853. The topological polar surface area (TPSA) is 96.2 Å². The van der Waals surface area contributed by atoms with Gasteiger partial charge in [0.2, 0.25) is 11.8 Å². The molecule has 8 heteroatoms. The van der Waals surface area contributed by atoms with Crippen LogP contribution in [-0.2, 0) is 0 Å². The molecule has 1 aliphatic rings. The van der Waals surface area contributed by atoms with Crippen molar-refractivity contribution >= 4 is 17.5 Å². The number of anilines is 2. The Balaban J connectivity index is 2.15. The molecule has 1 aromatic rings. The van der Waals surface area contributed by atoms with E-state index in [0.29, 0.717) is 11.8 Å². The third kappa shape index (κ3) is 3.28. The largest absolute Gasteiger partial charge is 0.361 e. The van der Waals surface area contributed by atoms with E-state index in [-0.39, 0.29) is 11.7 Å². The van der Waals surface area contributed by atoms with Crippen LogP contribution in [-0.4, -0.2) is 53.0 Å². The second kappa shape index (κ2) is 5.79. The summed E-state index contributed by atoms with van der Waals surface area (Å²) in [5.74, 6) is 0.667. The predicted octanol–water partition coefficient (Wildman–Crippen LogP) is 0.933. The highest BCUT2D eigenvalue weighted by Gasteiger charge is 2.22. The van der Waals surface area contributed by atoms with Crippen LogP contribution in [0.4, 0.5) is 17.5 Å². The van der Waals surface area contributed by atoms with Crippen LogP contribution in [0, 0.1) is 10.1 Å². The maximum atomic E-state index is 11.0. The van der Waals surface area contributed by atoms with Gasteiger partial charge in [-0.1, -0.05) is 0 Å². The first kappa shape index (κ1) is 13.5. The number of piperidine rings is 1. The lowest BCUT2D eigenvalue weighted by atomic mass is 10.1. The van der Waals surface area contributed by atoms with Crippen molar-refractivity contribution in [2.24, 2.45) is 0 Å². The maximum Gasteiger partial charge on any atom is 0.329 e. The molecule has 0 aliphatic carbocycles. The minimum Gasteiger partial charge on any atom is -0.361 e. The lowest BCUT2D eigenvalue weighted by Crippen LogP contribution is -2.37. The van der Waals surface area contributed by atoms with Gasteiger partial charge in [-0.2, -0.15) is 4.98 Å². The zero-order chi connectivity index (χ0) is 13.8. The number of nitro groups is 1. The quantitative estimate of drug-likeness (QED) is 0.618. The molecule has 2 rings (SSSR count). The zero-order valence-electron chi connectivity index (χ0n) is 11.1. The highest BCUT2D eigenvalue weighted by atomic mass is 16.6. The van der Waals surface area contributed by atoms with Crippen LogP contribution < -0.4 is 10.6 Å². The van der Waals surface area contributed by atoms with Gasteiger partial charge in [-0.15, -0.1) is 0 Å². The Hall–Kier alpha value is -1.96. The minimum absolute atomic E-state index is 0.0853. The molecule has 1 aromatic heterocycles. The lowest BCUT2D eigenvalue weighted by molar-refractivity contribution is -0.384. The fourth-order valence-electron chi connectivity index (χ4n) is 2.08. The van der Waals surface area contributed by atoms with Gasteiger partial charge in [0.25, 0.3) is 0 Å². The third-order valence-corrected chi connectivity index (χ3v) is 3.25. The molecule has 0 radical (unpaired) electrons. The van der Waals surface area contributed by atoms with Crippen LogP contribution >= 0.6 is 0 Å². The second-order valence-electron chi connectivity index (χ2n) is 4.66. The van der Waals surface area contributed by atoms with E-state index in [2.05, 4.69) is 32.5 Å². The molecule has 0 amide bonds. The predicted molar refractivity (Wildman–Crippen MR) is 72.4 cm³/mol. The number of likely N-dealkylation sites (tertiary alicyclic amines) is 1. The molecule has 2 N–H and O–H groups in total. The van der Waals surface area contributed by atoms with E-state index in [1.54, 1.807) is 7.05 Å². The highest BCUT2D eigenvalue weighted by molar-refractivity contribution is 5.57. The Morgan fingerprint density at radius 2 is 2.16 bits per heavy atom. The number of nitrogens with zero attached hydrogens (tertiary/aromatic N) is 4. The van der Waals surface area contributed by atoms with Gasteiger partial charge in [0.05, 0.1) is 4.92 Å². The molecule has 0 bridgehead atoms. The van der Waals surface area contributed by atoms with E-state index in [4.69, 9.17) is 0 Å². The Kier molecular flexibility index (Phi) is 4.10. The van der Waals surface area contributed by atoms with Crippen LogP contribution in [0.25, 0.3) is 0 Å². The first-order valence-corrected chi connectivity index (χ1v) is 6.24. The molecule has 2 heterocycles. The third-order valence-electron chi connectivity index (χ3n) is 3.25. The van der Waals surface area contributed by atoms with E-state index in [9.17, 15) is 10.1 Å². The molecule has 0 atom stereocenters. The van der Waals surface area contributed by atoms with Gasteiger partial charge in [-0.25, -0.2) is 4.98 Å². The first-order chi connectivity index (χ1) is 9.10. The van der Waals surface area contributed by atoms with Gasteiger partial charge in [-0.05, 0) is 33.0 Å². The molecule has 104 valence electrons. The summed E-state index contributed by atoms with van der Waals surface area (Å²) in [5, 5.41) is 16.9. The Labute approximate surface area is 111 Å². The van der Waals surface area contributed by atoms with Gasteiger partial charge < -0.3 is 15.5 Å². The molecule has 0 unspecified atom stereocenters. The fourth-order valence-corrected chi connectivity index (χ4v) is 2.08. The monoisotopic (exact) mass is 266 g/mol. The van der Waals surface area contributed by atoms with Gasteiger partial charge >= 0.3 is 5.69 Å². The van der Waals surface area contributed by atoms with Crippen LogP contribution in [0.1, 0.15) is 12.8 Å². The molecule has 0 saturated carbocycles. The van der Waals surface area contributed by atoms with Gasteiger partial charge in [-0.3, -0.25) is 10.1 Å². The normalized spacial score (nSPS) is 17.2. The van der Waals surface area contributed by atoms with E-state index < -0.39 is 4.92 Å². The Bertz CT molecular complexity index is 458. The van der Waals surface area contributed by atoms with Gasteiger partial charge in [0, 0.05) is 13.1 Å². The number of rotatable bonds is 4. The SMILES string of the molecule is CNc1ncc([N+](=O)[O-])c(NC2CCN(C)CC2)n1. The summed E-state index contributed by atoms with van der Waals surface area (Å²) in [6, 6.07) is 0.217. The summed E-state index contributed by atoms with van der Waals surface area (Å²) < 4.78 is 0. The smallest absolute Gasteiger partial charge is 0.329 e. The molecular weight excluding hydrogens is 248 g/mol. The number of nitrogens with one attached hydrogen (secondary N) is 2. The standard InChI is InChI=1S/C11H18N6O2/c1-12-11-13-7-9(17(18)19)10(15-11)14-8-3-5-16(2)6-4-8/h7-8H,3-6H2,1-2H3,(H2,12,13,14,15). The van der Waals surface area contributed by atoms with Gasteiger partial charge in [0.1, 0.15) is 6.20 Å². The van der Waals surface area contributed by atoms with E-state index >= 15 is 0 Å². The van der Waals surface area contributed by atoms with E-state index in [1.165, 1.54) is 6.20 Å². The van der Waals surface area contributed by atoms with Crippen molar-refractivity contribution in [1.82, 2.24) is 14.9 Å². The van der Waals surface area contributed by atoms with Crippen LogP contribution in [0.5, 0.6) is 0 Å². The zero-order valence-corrected chi connectivity index (χ0v) is 11.1. The second-order valence-corrected chi connectivity index (χ2v) is 4.66. The van der Waals surface area contributed by atoms with Crippen molar-refractivity contribution in [2.75, 3.05) is 37.8 Å². The fraction of sp³-hybridized carbons (Fsp3) is 0.636. The average molecular weight is 266 g/mol. The maximum absolute atomic E-state index is 11.0. The van der Waals surface area contributed by atoms with Crippen molar-refractivity contribution in [1.29, 1.82) is 0 Å². The minimum atomic E-state index is -0.462. The first-order valence-electron chi connectivity index (χ1n) is 6.24. The van der Waals surface area contributed by atoms with Crippen molar-refractivity contribution in [3.63, 3.8) is 0 Å². The van der Waals surface area contributed by atoms with Crippen LogP contribution in [0.15, 0.2) is 6.20 Å². The van der Waals surface area contributed by atoms with Crippen LogP contribution in [0.3, 0.4) is 0 Å². The molecule has 1 fully saturated rings. The van der Waals surface area contributed by atoms with Crippen molar-refractivity contribution < 1.29 is 4.92 Å². The molecule has 1 aliphatic heterocycles. The molecule has 8 nitrogen and oxygen atoms in total. The van der Waals surface area contributed by atoms with Gasteiger partial charge in [0.15, 0.2) is 0 Å². The summed E-state index contributed by atoms with van der Waals surface area (Å²) in [4.78, 5) is 20.8. The summed E-state index contributed by atoms with van der Waals surface area (Å²) >= 11 is 0. The molecule has 1 saturated heterocycles. The molecule has 19 heavy (non-hydrogen) atoms. The Morgan fingerprint density at radius 1 is 1.47 bits per heavy atom. The van der Waals surface area contributed by atoms with Crippen molar-refractivity contribution in [3.05, 3.63) is 16.3 Å². The number of aromatic nitrogens is 2. The van der Waals surface area contributed by atoms with E-state index in [0.717, 1.165) is 25.9 Å². The number of hydrogen-bond acceptors (Lipinski definition) is 7. The molecule has 0 spiro atoms. The van der Waals surface area contributed by atoms with Crippen molar-refractivity contribution in [3.8, 4) is 0 Å².